The van der Waals surface area contributed by atoms with Crippen molar-refractivity contribution in [3.8, 4) is 5.75 Å². The molecule has 3 aliphatic rings. The van der Waals surface area contributed by atoms with E-state index in [2.05, 4.69) is 141 Å². The van der Waals surface area contributed by atoms with Gasteiger partial charge in [0.2, 0.25) is 0 Å². The molecule has 0 saturated carbocycles. The Morgan fingerprint density at radius 2 is 1.68 bits per heavy atom. The van der Waals surface area contributed by atoms with Crippen LogP contribution in [0.4, 0.5) is 0 Å². The maximum absolute atomic E-state index is 6.74. The van der Waals surface area contributed by atoms with Gasteiger partial charge in [-0.3, -0.25) is 0 Å². The zero-order valence-corrected chi connectivity index (χ0v) is 29.0. The van der Waals surface area contributed by atoms with Crippen LogP contribution in [0.5, 0.6) is 5.75 Å². The molecule has 0 amide bonds. The number of hydrogen-bond acceptors (Lipinski definition) is 1. The molecule has 44 heavy (non-hydrogen) atoms. The van der Waals surface area contributed by atoms with Gasteiger partial charge in [-0.05, 0) is 74.4 Å². The summed E-state index contributed by atoms with van der Waals surface area (Å²) in [4.78, 5) is 0. The topological polar surface area (TPSA) is 9.23 Å². The number of fused-ring (bicyclic) bond motifs is 3. The van der Waals surface area contributed by atoms with Crippen molar-refractivity contribution < 1.29 is 4.74 Å². The van der Waals surface area contributed by atoms with Crippen molar-refractivity contribution in [2.75, 3.05) is 6.61 Å². The molecule has 0 fully saturated rings. The van der Waals surface area contributed by atoms with Gasteiger partial charge in [-0.1, -0.05) is 151 Å². The summed E-state index contributed by atoms with van der Waals surface area (Å²) in [6.45, 7) is 23.4. The highest BCUT2D eigenvalue weighted by molar-refractivity contribution is 6.55. The van der Waals surface area contributed by atoms with Gasteiger partial charge < -0.3 is 4.74 Å². The monoisotopic (exact) mass is 596 g/mol. The fourth-order valence-electron chi connectivity index (χ4n) is 7.85. The van der Waals surface area contributed by atoms with Crippen LogP contribution in [0.1, 0.15) is 83.5 Å². The van der Waals surface area contributed by atoms with Crippen LogP contribution in [0.15, 0.2) is 102 Å². The molecule has 3 aliphatic carbocycles. The normalized spacial score (nSPS) is 20.6. The lowest BCUT2D eigenvalue weighted by molar-refractivity contribution is 0.345. The van der Waals surface area contributed by atoms with Crippen LogP contribution in [0, 0.1) is 23.7 Å². The second-order valence-electron chi connectivity index (χ2n) is 15.4. The second kappa shape index (κ2) is 11.2. The number of rotatable bonds is 7. The highest BCUT2D eigenvalue weighted by Gasteiger charge is 2.48. The van der Waals surface area contributed by atoms with Crippen LogP contribution in [0.3, 0.4) is 0 Å². The molecule has 2 radical (unpaired) electrons. The lowest BCUT2D eigenvalue weighted by Gasteiger charge is -2.36. The predicted molar refractivity (Wildman–Crippen MR) is 189 cm³/mol. The molecule has 2 heteroatoms. The van der Waals surface area contributed by atoms with Gasteiger partial charge in [0.05, 0.1) is 9.52 Å². The summed E-state index contributed by atoms with van der Waals surface area (Å²) in [5.74, 6) is 1.30. The first kappa shape index (κ1) is 30.7. The highest BCUT2D eigenvalue weighted by atomic mass is 28.2. The quantitative estimate of drug-likeness (QED) is 0.197. The molecule has 2 atom stereocenters. The molecule has 0 bridgehead atoms. The van der Waals surface area contributed by atoms with E-state index < -0.39 is 0 Å². The molecule has 0 aliphatic heterocycles. The maximum Gasteiger partial charge on any atom is 0.126 e. The van der Waals surface area contributed by atoms with Gasteiger partial charge in [0, 0.05) is 16.9 Å². The maximum atomic E-state index is 6.74. The van der Waals surface area contributed by atoms with Crippen LogP contribution in [0.25, 0.3) is 11.6 Å². The Labute approximate surface area is 268 Å². The number of hydrogen-bond donors (Lipinski definition) is 0. The molecule has 0 spiro atoms. The Bertz CT molecular complexity index is 1790. The Morgan fingerprint density at radius 1 is 0.977 bits per heavy atom. The molecule has 1 nitrogen and oxygen atoms in total. The van der Waals surface area contributed by atoms with Crippen LogP contribution in [-0.2, 0) is 5.41 Å². The summed E-state index contributed by atoms with van der Waals surface area (Å²) in [7, 11) is 0.590. The van der Waals surface area contributed by atoms with Crippen molar-refractivity contribution in [3.05, 3.63) is 129 Å². The Kier molecular flexibility index (Phi) is 7.81. The predicted octanol–water partition coefficient (Wildman–Crippen LogP) is 8.27. The average molecular weight is 597 g/mol. The third-order valence-electron chi connectivity index (χ3n) is 9.72. The summed E-state index contributed by atoms with van der Waals surface area (Å²) >= 11 is 0. The summed E-state index contributed by atoms with van der Waals surface area (Å²) in [6, 6.07) is 25.1. The number of ether oxygens (including phenoxy) is 1. The lowest BCUT2D eigenvalue weighted by Crippen LogP contribution is -2.39. The zero-order valence-electron chi connectivity index (χ0n) is 28.0. The van der Waals surface area contributed by atoms with Crippen molar-refractivity contribution >= 4 is 26.4 Å². The van der Waals surface area contributed by atoms with E-state index in [0.717, 1.165) is 12.2 Å². The number of allylic oxidation sites excluding steroid dienone is 4. The van der Waals surface area contributed by atoms with Crippen LogP contribution in [-0.4, -0.2) is 16.1 Å². The zero-order chi connectivity index (χ0) is 31.4. The first-order valence-electron chi connectivity index (χ1n) is 16.3. The molecule has 0 heterocycles. The van der Waals surface area contributed by atoms with Crippen molar-refractivity contribution in [2.45, 2.75) is 79.2 Å². The molecule has 0 saturated heterocycles. The third kappa shape index (κ3) is 5.51. The minimum Gasteiger partial charge on any atom is -0.489 e. The van der Waals surface area contributed by atoms with Crippen LogP contribution in [0.2, 0.25) is 0 Å². The van der Waals surface area contributed by atoms with E-state index in [4.69, 9.17) is 4.74 Å². The molecule has 0 aromatic heterocycles. The molecule has 0 N–H and O–H groups in total. The fourth-order valence-corrected chi connectivity index (χ4v) is 9.48. The highest BCUT2D eigenvalue weighted by Crippen LogP contribution is 2.59. The molecule has 226 valence electrons. The molecule has 2 unspecified atom stereocenters. The number of aryl methyl sites for hydroxylation is 1. The molecular weight excluding hydrogens is 549 g/mol. The molecule has 3 aromatic carbocycles. The van der Waals surface area contributed by atoms with Gasteiger partial charge in [0.1, 0.15) is 12.4 Å². The molecular formula is C42H48OSi. The van der Waals surface area contributed by atoms with Gasteiger partial charge in [0.15, 0.2) is 0 Å². The van der Waals surface area contributed by atoms with E-state index in [0.29, 0.717) is 16.1 Å². The van der Waals surface area contributed by atoms with Gasteiger partial charge in [-0.2, -0.15) is 0 Å². The van der Waals surface area contributed by atoms with Crippen molar-refractivity contribution in [3.63, 3.8) is 0 Å². The lowest BCUT2D eigenvalue weighted by atomic mass is 9.73. The van der Waals surface area contributed by atoms with Gasteiger partial charge in [0.25, 0.3) is 0 Å². The SMILES string of the molecule is C=CCOc1c(C([Si]c2ccccc2)C2C3=CC(C)(C)CCC3=C3C2=c2ccccc2=CC3(C)C)cc(C)cc1C(C)(C)C. The van der Waals surface area contributed by atoms with Crippen molar-refractivity contribution in [1.29, 1.82) is 0 Å². The van der Waals surface area contributed by atoms with Crippen LogP contribution >= 0.6 is 0 Å². The van der Waals surface area contributed by atoms with Gasteiger partial charge in [-0.15, -0.1) is 0 Å². The Balaban J connectivity index is 1.72. The summed E-state index contributed by atoms with van der Waals surface area (Å²) in [5.41, 5.74) is 10.5. The standard InChI is InChI=1S/C42H48OSi/c1-10-22-43-38-32(23-27(2)24-34(38)40(3,4)5)39(44-29-17-12-11-13-18-29)36-33-26-41(6,7)21-20-31(33)37-35(36)30-19-15-14-16-28(30)25-42(37,8)9/h10-19,23-26,36,39H,1,20-22H2,2-9H3. The minimum absolute atomic E-state index is 0.0416. The van der Waals surface area contributed by atoms with Crippen molar-refractivity contribution in [2.24, 2.45) is 16.7 Å². The van der Waals surface area contributed by atoms with E-state index in [-0.39, 0.29) is 27.7 Å². The first-order chi connectivity index (χ1) is 20.8. The Hall–Kier alpha value is -3.36. The van der Waals surface area contributed by atoms with Gasteiger partial charge >= 0.3 is 0 Å². The largest absolute Gasteiger partial charge is 0.489 e. The summed E-state index contributed by atoms with van der Waals surface area (Å²) in [5, 5.41) is 4.17. The molecule has 6 rings (SSSR count). The minimum atomic E-state index is -0.0600. The number of benzene rings is 3. The van der Waals surface area contributed by atoms with E-state index in [1.54, 1.807) is 22.3 Å². The Morgan fingerprint density at radius 3 is 2.39 bits per heavy atom. The van der Waals surface area contributed by atoms with E-state index in [9.17, 15) is 0 Å². The van der Waals surface area contributed by atoms with E-state index in [1.807, 2.05) is 6.08 Å². The summed E-state index contributed by atoms with van der Waals surface area (Å²) < 4.78 is 6.74. The summed E-state index contributed by atoms with van der Waals surface area (Å²) in [6.07, 6.45) is 9.38. The van der Waals surface area contributed by atoms with E-state index >= 15 is 0 Å². The third-order valence-corrected chi connectivity index (χ3v) is 11.3. The smallest absolute Gasteiger partial charge is 0.126 e. The first-order valence-corrected chi connectivity index (χ1v) is 17.4. The van der Waals surface area contributed by atoms with E-state index in [1.165, 1.54) is 38.7 Å². The average Bonchev–Trinajstić information content (AvgIpc) is 3.29. The van der Waals surface area contributed by atoms with Crippen LogP contribution < -0.4 is 20.4 Å². The van der Waals surface area contributed by atoms with Crippen molar-refractivity contribution in [1.82, 2.24) is 0 Å². The molecule has 3 aromatic rings. The van der Waals surface area contributed by atoms with Gasteiger partial charge in [-0.25, -0.2) is 0 Å². The fraction of sp³-hybridized carbons (Fsp3) is 0.381. The second-order valence-corrected chi connectivity index (χ2v) is 16.8.